The van der Waals surface area contributed by atoms with Gasteiger partial charge in [0.25, 0.3) is 6.10 Å². The van der Waals surface area contributed by atoms with E-state index in [0.29, 0.717) is 4.90 Å². The van der Waals surface area contributed by atoms with Gasteiger partial charge in [-0.05, 0) is 6.92 Å². The summed E-state index contributed by atoms with van der Waals surface area (Å²) in [5, 5.41) is 0. The molecule has 0 spiro atoms. The molecule has 10 heteroatoms. The third-order valence-corrected chi connectivity index (χ3v) is 2.02. The number of rotatable bonds is 5. The molecule has 0 rings (SSSR count). The Labute approximate surface area is 105 Å². The molecule has 1 amide bonds. The van der Waals surface area contributed by atoms with Crippen molar-refractivity contribution in [1.82, 2.24) is 4.90 Å². The maximum absolute atomic E-state index is 12.2. The van der Waals surface area contributed by atoms with Crippen LogP contribution in [0.15, 0.2) is 0 Å². The Bertz CT molecular complexity index is 277. The summed E-state index contributed by atoms with van der Waals surface area (Å²) < 4.78 is 81.0. The largest absolute Gasteiger partial charge is 0.434 e. The molecule has 0 unspecified atom stereocenters. The van der Waals surface area contributed by atoms with Crippen LogP contribution in [0.5, 0.6) is 0 Å². The standard InChI is InChI=1S/C9H13F6NO3/c1-3-16(4-5-18-2)7(17)19-6(8(10,11)12)9(13,14)15/h6H,3-5H2,1-2H3. The number of carbonyl (C=O) groups is 1. The topological polar surface area (TPSA) is 38.8 Å². The second-order valence-electron chi connectivity index (χ2n) is 3.42. The summed E-state index contributed by atoms with van der Waals surface area (Å²) in [7, 11) is 1.27. The quantitative estimate of drug-likeness (QED) is 0.732. The summed E-state index contributed by atoms with van der Waals surface area (Å²) in [5.41, 5.74) is 0. The molecule has 0 aliphatic carbocycles. The zero-order chi connectivity index (χ0) is 15.3. The van der Waals surface area contributed by atoms with Gasteiger partial charge in [-0.3, -0.25) is 0 Å². The Morgan fingerprint density at radius 3 is 1.95 bits per heavy atom. The van der Waals surface area contributed by atoms with Gasteiger partial charge in [0, 0.05) is 20.2 Å². The summed E-state index contributed by atoms with van der Waals surface area (Å²) in [4.78, 5) is 11.9. The lowest BCUT2D eigenvalue weighted by Crippen LogP contribution is -2.48. The van der Waals surface area contributed by atoms with E-state index in [4.69, 9.17) is 0 Å². The molecule has 0 aromatic carbocycles. The van der Waals surface area contributed by atoms with Gasteiger partial charge in [0.05, 0.1) is 6.61 Å². The highest BCUT2D eigenvalue weighted by molar-refractivity contribution is 5.67. The van der Waals surface area contributed by atoms with Crippen LogP contribution in [0.4, 0.5) is 31.1 Å². The minimum atomic E-state index is -5.71. The fourth-order valence-corrected chi connectivity index (χ4v) is 1.07. The van der Waals surface area contributed by atoms with Crippen molar-refractivity contribution >= 4 is 6.09 Å². The van der Waals surface area contributed by atoms with Crippen LogP contribution in [0.25, 0.3) is 0 Å². The first-order valence-electron chi connectivity index (χ1n) is 5.12. The number of amides is 1. The van der Waals surface area contributed by atoms with Gasteiger partial charge >= 0.3 is 18.4 Å². The van der Waals surface area contributed by atoms with Crippen molar-refractivity contribution in [1.29, 1.82) is 0 Å². The molecule has 114 valence electrons. The van der Waals surface area contributed by atoms with Gasteiger partial charge in [0.15, 0.2) is 0 Å². The predicted octanol–water partition coefficient (Wildman–Crippen LogP) is 2.58. The Balaban J connectivity index is 4.80. The van der Waals surface area contributed by atoms with Crippen LogP contribution in [0.2, 0.25) is 0 Å². The Hall–Kier alpha value is -1.19. The van der Waals surface area contributed by atoms with Crippen molar-refractivity contribution < 1.29 is 40.6 Å². The van der Waals surface area contributed by atoms with Crippen molar-refractivity contribution in [3.8, 4) is 0 Å². The van der Waals surface area contributed by atoms with E-state index in [-0.39, 0.29) is 19.7 Å². The number of halogens is 6. The summed E-state index contributed by atoms with van der Waals surface area (Å²) in [6.07, 6.45) is -17.3. The van der Waals surface area contributed by atoms with E-state index in [2.05, 4.69) is 9.47 Å². The molecule has 4 nitrogen and oxygen atoms in total. The zero-order valence-electron chi connectivity index (χ0n) is 10.1. The number of hydrogen-bond donors (Lipinski definition) is 0. The summed E-state index contributed by atoms with van der Waals surface area (Å²) >= 11 is 0. The first-order valence-corrected chi connectivity index (χ1v) is 5.12. The highest BCUT2D eigenvalue weighted by atomic mass is 19.4. The molecular formula is C9H13F6NO3. The SMILES string of the molecule is CCN(CCOC)C(=O)OC(C(F)(F)F)C(F)(F)F. The van der Waals surface area contributed by atoms with Crippen molar-refractivity contribution in [2.45, 2.75) is 25.4 Å². The molecule has 0 aliphatic rings. The normalized spacial score (nSPS) is 12.7. The minimum absolute atomic E-state index is 0.0361. The van der Waals surface area contributed by atoms with Gasteiger partial charge in [-0.15, -0.1) is 0 Å². The van der Waals surface area contributed by atoms with Crippen LogP contribution in [-0.2, 0) is 9.47 Å². The first kappa shape index (κ1) is 17.8. The monoisotopic (exact) mass is 297 g/mol. The van der Waals surface area contributed by atoms with E-state index >= 15 is 0 Å². The fraction of sp³-hybridized carbons (Fsp3) is 0.889. The highest BCUT2D eigenvalue weighted by Crippen LogP contribution is 2.35. The van der Waals surface area contributed by atoms with E-state index in [0.717, 1.165) is 0 Å². The molecule has 0 radical (unpaired) electrons. The summed E-state index contributed by atoms with van der Waals surface area (Å²) in [6, 6.07) is 0. The van der Waals surface area contributed by atoms with Crippen molar-refractivity contribution in [2.24, 2.45) is 0 Å². The maximum Gasteiger partial charge on any atom is 0.434 e. The third-order valence-electron chi connectivity index (χ3n) is 2.02. The molecule has 0 bridgehead atoms. The van der Waals surface area contributed by atoms with Crippen LogP contribution in [-0.4, -0.2) is 56.3 Å². The first-order chi connectivity index (χ1) is 8.54. The number of methoxy groups -OCH3 is 1. The second-order valence-corrected chi connectivity index (χ2v) is 3.42. The molecule has 0 fully saturated rings. The molecule has 0 saturated carbocycles. The molecule has 19 heavy (non-hydrogen) atoms. The van der Waals surface area contributed by atoms with Crippen LogP contribution in [0, 0.1) is 0 Å². The van der Waals surface area contributed by atoms with E-state index < -0.39 is 24.5 Å². The number of hydrogen-bond acceptors (Lipinski definition) is 3. The van der Waals surface area contributed by atoms with Crippen LogP contribution >= 0.6 is 0 Å². The number of carbonyl (C=O) groups excluding carboxylic acids is 1. The smallest absolute Gasteiger partial charge is 0.426 e. The molecule has 0 aromatic rings. The zero-order valence-corrected chi connectivity index (χ0v) is 10.1. The van der Waals surface area contributed by atoms with Crippen molar-refractivity contribution in [2.75, 3.05) is 26.8 Å². The third kappa shape index (κ3) is 5.99. The molecule has 0 heterocycles. The number of alkyl halides is 6. The van der Waals surface area contributed by atoms with Gasteiger partial charge in [0.2, 0.25) is 0 Å². The minimum Gasteiger partial charge on any atom is -0.426 e. The number of nitrogens with zero attached hydrogens (tertiary/aromatic N) is 1. The molecule has 0 N–H and O–H groups in total. The van der Waals surface area contributed by atoms with Gasteiger partial charge in [-0.25, -0.2) is 4.79 Å². The molecule has 0 aliphatic heterocycles. The average molecular weight is 297 g/mol. The lowest BCUT2D eigenvalue weighted by atomic mass is 10.3. The van der Waals surface area contributed by atoms with Gasteiger partial charge in [-0.1, -0.05) is 0 Å². The Morgan fingerprint density at radius 2 is 1.63 bits per heavy atom. The Kier molecular flexibility index (Phi) is 6.40. The summed E-state index contributed by atoms with van der Waals surface area (Å²) in [6.45, 7) is 1.07. The maximum atomic E-state index is 12.2. The predicted molar refractivity (Wildman–Crippen MR) is 51.5 cm³/mol. The molecule has 0 aromatic heterocycles. The Morgan fingerprint density at radius 1 is 1.16 bits per heavy atom. The highest BCUT2D eigenvalue weighted by Gasteiger charge is 2.60. The molecule has 0 atom stereocenters. The second kappa shape index (κ2) is 6.83. The summed E-state index contributed by atoms with van der Waals surface area (Å²) in [5.74, 6) is 0. The van der Waals surface area contributed by atoms with Crippen LogP contribution in [0.1, 0.15) is 6.92 Å². The van der Waals surface area contributed by atoms with Crippen molar-refractivity contribution in [3.63, 3.8) is 0 Å². The van der Waals surface area contributed by atoms with Crippen LogP contribution in [0.3, 0.4) is 0 Å². The van der Waals surface area contributed by atoms with Crippen molar-refractivity contribution in [3.05, 3.63) is 0 Å². The molecule has 0 saturated heterocycles. The lowest BCUT2D eigenvalue weighted by Gasteiger charge is -2.26. The van der Waals surface area contributed by atoms with Gasteiger partial charge in [-0.2, -0.15) is 26.3 Å². The van der Waals surface area contributed by atoms with E-state index in [1.165, 1.54) is 14.0 Å². The average Bonchev–Trinajstić information content (AvgIpc) is 2.23. The van der Waals surface area contributed by atoms with E-state index in [1.54, 1.807) is 0 Å². The van der Waals surface area contributed by atoms with E-state index in [9.17, 15) is 31.1 Å². The number of ether oxygens (including phenoxy) is 2. The fourth-order valence-electron chi connectivity index (χ4n) is 1.07. The van der Waals surface area contributed by atoms with E-state index in [1.807, 2.05) is 0 Å². The molecular weight excluding hydrogens is 284 g/mol. The van der Waals surface area contributed by atoms with Gasteiger partial charge in [0.1, 0.15) is 0 Å². The number of likely N-dealkylation sites (N-methyl/N-ethyl adjacent to an activating group) is 1. The lowest BCUT2D eigenvalue weighted by molar-refractivity contribution is -0.308. The van der Waals surface area contributed by atoms with Gasteiger partial charge < -0.3 is 14.4 Å². The van der Waals surface area contributed by atoms with Crippen LogP contribution < -0.4 is 0 Å².